The maximum atomic E-state index is 10.2. The summed E-state index contributed by atoms with van der Waals surface area (Å²) < 4.78 is 5.85. The maximum Gasteiger partial charge on any atom is 0.151 e. The third-order valence-corrected chi connectivity index (χ3v) is 3.12. The molecule has 0 bridgehead atoms. The fourth-order valence-corrected chi connectivity index (χ4v) is 1.75. The Hall–Kier alpha value is -1.65. The Morgan fingerprint density at radius 1 is 1.21 bits per heavy atom. The van der Waals surface area contributed by atoms with Gasteiger partial charge in [-0.05, 0) is 23.8 Å². The van der Waals surface area contributed by atoms with Crippen molar-refractivity contribution in [2.24, 2.45) is 5.73 Å². The number of carbonyl (C=O) groups excluding carboxylic acids is 1. The SMILES string of the molecule is COc1cccc(CN)c1.O=Cc1ccccc1Br. The highest BCUT2D eigenvalue weighted by Crippen LogP contribution is 2.12. The lowest BCUT2D eigenvalue weighted by atomic mass is 10.2. The van der Waals surface area contributed by atoms with E-state index in [0.29, 0.717) is 12.1 Å². The normalized spacial score (nSPS) is 9.21. The van der Waals surface area contributed by atoms with Crippen molar-refractivity contribution in [2.75, 3.05) is 7.11 Å². The van der Waals surface area contributed by atoms with Crippen LogP contribution < -0.4 is 10.5 Å². The van der Waals surface area contributed by atoms with Gasteiger partial charge in [0.25, 0.3) is 0 Å². The van der Waals surface area contributed by atoms with E-state index in [1.807, 2.05) is 42.5 Å². The van der Waals surface area contributed by atoms with Crippen LogP contribution in [0.1, 0.15) is 15.9 Å². The molecule has 4 heteroatoms. The molecule has 0 aliphatic rings. The van der Waals surface area contributed by atoms with Gasteiger partial charge in [-0.15, -0.1) is 0 Å². The Bertz CT molecular complexity index is 510. The number of benzene rings is 2. The maximum absolute atomic E-state index is 10.2. The highest BCUT2D eigenvalue weighted by atomic mass is 79.9. The zero-order chi connectivity index (χ0) is 14.1. The first-order chi connectivity index (χ1) is 9.21. The van der Waals surface area contributed by atoms with Crippen LogP contribution in [-0.2, 0) is 6.54 Å². The quantitative estimate of drug-likeness (QED) is 0.881. The Labute approximate surface area is 121 Å². The first-order valence-corrected chi connectivity index (χ1v) is 6.53. The fourth-order valence-electron chi connectivity index (χ4n) is 1.37. The van der Waals surface area contributed by atoms with E-state index in [-0.39, 0.29) is 0 Å². The smallest absolute Gasteiger partial charge is 0.151 e. The summed E-state index contributed by atoms with van der Waals surface area (Å²) in [5.74, 6) is 0.864. The van der Waals surface area contributed by atoms with Crippen LogP contribution in [0.2, 0.25) is 0 Å². The monoisotopic (exact) mass is 321 g/mol. The van der Waals surface area contributed by atoms with E-state index in [2.05, 4.69) is 15.9 Å². The zero-order valence-corrected chi connectivity index (χ0v) is 12.3. The number of aldehydes is 1. The molecule has 0 fully saturated rings. The third-order valence-electron chi connectivity index (χ3n) is 2.40. The summed E-state index contributed by atoms with van der Waals surface area (Å²) in [6.07, 6.45) is 0.823. The Kier molecular flexibility index (Phi) is 6.85. The minimum absolute atomic E-state index is 0.567. The molecule has 2 aromatic rings. The fraction of sp³-hybridized carbons (Fsp3) is 0.133. The van der Waals surface area contributed by atoms with E-state index >= 15 is 0 Å². The van der Waals surface area contributed by atoms with E-state index in [1.54, 1.807) is 13.2 Å². The Balaban J connectivity index is 0.000000191. The molecule has 0 spiro atoms. The second-order valence-electron chi connectivity index (χ2n) is 3.70. The van der Waals surface area contributed by atoms with Crippen LogP contribution in [0.5, 0.6) is 5.75 Å². The molecule has 0 saturated carbocycles. The highest BCUT2D eigenvalue weighted by molar-refractivity contribution is 9.10. The lowest BCUT2D eigenvalue weighted by Crippen LogP contribution is -1.95. The molecule has 0 amide bonds. The van der Waals surface area contributed by atoms with Gasteiger partial charge >= 0.3 is 0 Å². The molecule has 0 aliphatic heterocycles. The van der Waals surface area contributed by atoms with Gasteiger partial charge in [0.05, 0.1) is 7.11 Å². The van der Waals surface area contributed by atoms with Crippen molar-refractivity contribution >= 4 is 22.2 Å². The van der Waals surface area contributed by atoms with Crippen LogP contribution in [0.4, 0.5) is 0 Å². The van der Waals surface area contributed by atoms with Crippen LogP contribution in [0.15, 0.2) is 53.0 Å². The molecule has 19 heavy (non-hydrogen) atoms. The van der Waals surface area contributed by atoms with Crippen molar-refractivity contribution in [3.63, 3.8) is 0 Å². The van der Waals surface area contributed by atoms with Crippen LogP contribution in [0.3, 0.4) is 0 Å². The number of carbonyl (C=O) groups is 1. The van der Waals surface area contributed by atoms with Crippen molar-refractivity contribution in [1.29, 1.82) is 0 Å². The minimum atomic E-state index is 0.567. The summed E-state index contributed by atoms with van der Waals surface area (Å²) in [7, 11) is 1.65. The number of ether oxygens (including phenoxy) is 1. The standard InChI is InChI=1S/C8H11NO.C7H5BrO/c1-10-8-4-2-3-7(5-8)6-9;8-7-4-2-1-3-6(7)5-9/h2-5H,6,9H2,1H3;1-5H. The van der Waals surface area contributed by atoms with Crippen LogP contribution in [0, 0.1) is 0 Å². The predicted molar refractivity (Wildman–Crippen MR) is 80.4 cm³/mol. The van der Waals surface area contributed by atoms with E-state index in [9.17, 15) is 4.79 Å². The van der Waals surface area contributed by atoms with E-state index < -0.39 is 0 Å². The Morgan fingerprint density at radius 3 is 2.47 bits per heavy atom. The third kappa shape index (κ3) is 5.24. The molecule has 0 aliphatic carbocycles. The predicted octanol–water partition coefficient (Wildman–Crippen LogP) is 3.42. The molecule has 0 aromatic heterocycles. The van der Waals surface area contributed by atoms with Crippen molar-refractivity contribution in [3.05, 3.63) is 64.1 Å². The number of nitrogens with two attached hydrogens (primary N) is 1. The van der Waals surface area contributed by atoms with E-state index in [4.69, 9.17) is 10.5 Å². The molecule has 2 N–H and O–H groups in total. The molecular weight excluding hydrogens is 306 g/mol. The second kappa shape index (κ2) is 8.45. The lowest BCUT2D eigenvalue weighted by molar-refractivity contribution is 0.112. The van der Waals surface area contributed by atoms with Gasteiger partial charge in [-0.1, -0.05) is 46.3 Å². The second-order valence-corrected chi connectivity index (χ2v) is 4.55. The molecule has 0 heterocycles. The largest absolute Gasteiger partial charge is 0.497 e. The van der Waals surface area contributed by atoms with Crippen LogP contribution in [-0.4, -0.2) is 13.4 Å². The topological polar surface area (TPSA) is 52.3 Å². The molecule has 0 atom stereocenters. The summed E-state index contributed by atoms with van der Waals surface area (Å²) in [4.78, 5) is 10.2. The van der Waals surface area contributed by atoms with E-state index in [1.165, 1.54) is 0 Å². The summed E-state index contributed by atoms with van der Waals surface area (Å²) in [5, 5.41) is 0. The molecule has 2 aromatic carbocycles. The molecule has 0 radical (unpaired) electrons. The van der Waals surface area contributed by atoms with Gasteiger partial charge in [0, 0.05) is 16.6 Å². The summed E-state index contributed by atoms with van der Waals surface area (Å²) in [6.45, 7) is 0.567. The number of rotatable bonds is 3. The first kappa shape index (κ1) is 15.4. The average Bonchev–Trinajstić information content (AvgIpc) is 2.48. The van der Waals surface area contributed by atoms with Crippen molar-refractivity contribution in [1.82, 2.24) is 0 Å². The highest BCUT2D eigenvalue weighted by Gasteiger charge is 1.92. The first-order valence-electron chi connectivity index (χ1n) is 5.74. The van der Waals surface area contributed by atoms with Gasteiger partial charge in [-0.25, -0.2) is 0 Å². The van der Waals surface area contributed by atoms with Gasteiger partial charge in [0.1, 0.15) is 5.75 Å². The number of methoxy groups -OCH3 is 1. The van der Waals surface area contributed by atoms with Gasteiger partial charge < -0.3 is 10.5 Å². The molecule has 2 rings (SSSR count). The molecular formula is C15H16BrNO2. The molecule has 0 saturated heterocycles. The van der Waals surface area contributed by atoms with Gasteiger partial charge in [0.2, 0.25) is 0 Å². The van der Waals surface area contributed by atoms with Gasteiger partial charge in [0.15, 0.2) is 6.29 Å². The zero-order valence-electron chi connectivity index (χ0n) is 10.7. The lowest BCUT2D eigenvalue weighted by Gasteiger charge is -2.00. The molecule has 0 unspecified atom stereocenters. The van der Waals surface area contributed by atoms with Gasteiger partial charge in [-0.3, -0.25) is 4.79 Å². The van der Waals surface area contributed by atoms with Crippen LogP contribution >= 0.6 is 15.9 Å². The molecule has 3 nitrogen and oxygen atoms in total. The van der Waals surface area contributed by atoms with Crippen molar-refractivity contribution in [2.45, 2.75) is 6.54 Å². The van der Waals surface area contributed by atoms with Crippen molar-refractivity contribution in [3.8, 4) is 5.75 Å². The van der Waals surface area contributed by atoms with Gasteiger partial charge in [-0.2, -0.15) is 0 Å². The summed E-state index contributed by atoms with van der Waals surface area (Å²) >= 11 is 3.23. The Morgan fingerprint density at radius 2 is 1.95 bits per heavy atom. The number of hydrogen-bond donors (Lipinski definition) is 1. The summed E-state index contributed by atoms with van der Waals surface area (Å²) in [6, 6.07) is 15.0. The number of hydrogen-bond acceptors (Lipinski definition) is 3. The van der Waals surface area contributed by atoms with Crippen LogP contribution in [0.25, 0.3) is 0 Å². The summed E-state index contributed by atoms with van der Waals surface area (Å²) in [5.41, 5.74) is 7.21. The van der Waals surface area contributed by atoms with E-state index in [0.717, 1.165) is 22.1 Å². The number of halogens is 1. The molecule has 100 valence electrons. The average molecular weight is 322 g/mol. The van der Waals surface area contributed by atoms with Crippen molar-refractivity contribution < 1.29 is 9.53 Å². The minimum Gasteiger partial charge on any atom is -0.497 e.